The standard InChI is InChI=1S/C23H17Cl2N3O2S/c24-16-10-8-15(9-11-16)13-28-22(30)19-6-1-2-7-20(19)27-23(28)31-14-21(29)26-18-5-3-4-17(25)12-18/h1-12H,13-14H2,(H,26,29). The van der Waals surface area contributed by atoms with E-state index in [-0.39, 0.29) is 17.2 Å². The summed E-state index contributed by atoms with van der Waals surface area (Å²) < 4.78 is 1.59. The van der Waals surface area contributed by atoms with Gasteiger partial charge in [-0.2, -0.15) is 0 Å². The van der Waals surface area contributed by atoms with E-state index in [4.69, 9.17) is 23.2 Å². The minimum atomic E-state index is -0.215. The van der Waals surface area contributed by atoms with E-state index < -0.39 is 0 Å². The topological polar surface area (TPSA) is 64.0 Å². The predicted molar refractivity (Wildman–Crippen MR) is 127 cm³/mol. The van der Waals surface area contributed by atoms with Crippen molar-refractivity contribution in [1.82, 2.24) is 9.55 Å². The fourth-order valence-electron chi connectivity index (χ4n) is 3.06. The molecule has 0 fully saturated rings. The minimum absolute atomic E-state index is 0.0952. The van der Waals surface area contributed by atoms with E-state index in [2.05, 4.69) is 10.3 Å². The van der Waals surface area contributed by atoms with Gasteiger partial charge in [0.05, 0.1) is 23.2 Å². The molecule has 0 radical (unpaired) electrons. The maximum absolute atomic E-state index is 13.2. The van der Waals surface area contributed by atoms with Crippen LogP contribution in [0.15, 0.2) is 82.7 Å². The Morgan fingerprint density at radius 1 is 0.968 bits per heavy atom. The third kappa shape index (κ3) is 5.28. The van der Waals surface area contributed by atoms with Crippen LogP contribution < -0.4 is 10.9 Å². The molecule has 156 valence electrons. The van der Waals surface area contributed by atoms with Gasteiger partial charge < -0.3 is 5.32 Å². The fourth-order valence-corrected chi connectivity index (χ4v) is 4.18. The molecule has 4 rings (SSSR count). The van der Waals surface area contributed by atoms with Gasteiger partial charge in [-0.3, -0.25) is 14.2 Å². The van der Waals surface area contributed by atoms with Gasteiger partial charge in [0.1, 0.15) is 0 Å². The number of fused-ring (bicyclic) bond motifs is 1. The molecular formula is C23H17Cl2N3O2S. The average molecular weight is 470 g/mol. The second-order valence-corrected chi connectivity index (χ2v) is 8.59. The van der Waals surface area contributed by atoms with Gasteiger partial charge in [-0.15, -0.1) is 0 Å². The summed E-state index contributed by atoms with van der Waals surface area (Å²) >= 11 is 13.2. The number of para-hydroxylation sites is 1. The number of hydrogen-bond donors (Lipinski definition) is 1. The van der Waals surface area contributed by atoms with E-state index in [9.17, 15) is 9.59 Å². The second kappa shape index (κ2) is 9.56. The number of nitrogens with one attached hydrogen (secondary N) is 1. The van der Waals surface area contributed by atoms with Gasteiger partial charge in [0.15, 0.2) is 5.16 Å². The monoisotopic (exact) mass is 469 g/mol. The first-order chi connectivity index (χ1) is 15.0. The van der Waals surface area contributed by atoms with Crippen molar-refractivity contribution in [3.8, 4) is 0 Å². The fraction of sp³-hybridized carbons (Fsp3) is 0.0870. The van der Waals surface area contributed by atoms with E-state index in [1.54, 1.807) is 53.1 Å². The van der Waals surface area contributed by atoms with Crippen LogP contribution in [-0.2, 0) is 11.3 Å². The van der Waals surface area contributed by atoms with Crippen molar-refractivity contribution in [2.75, 3.05) is 11.1 Å². The number of benzene rings is 3. The van der Waals surface area contributed by atoms with Crippen molar-refractivity contribution in [2.24, 2.45) is 0 Å². The molecule has 0 atom stereocenters. The lowest BCUT2D eigenvalue weighted by Crippen LogP contribution is -2.24. The molecule has 5 nitrogen and oxygen atoms in total. The van der Waals surface area contributed by atoms with Crippen molar-refractivity contribution in [3.63, 3.8) is 0 Å². The van der Waals surface area contributed by atoms with Gasteiger partial charge in [0, 0.05) is 15.7 Å². The maximum Gasteiger partial charge on any atom is 0.262 e. The number of hydrogen-bond acceptors (Lipinski definition) is 4. The molecule has 8 heteroatoms. The van der Waals surface area contributed by atoms with Gasteiger partial charge in [-0.25, -0.2) is 4.98 Å². The average Bonchev–Trinajstić information content (AvgIpc) is 2.76. The largest absolute Gasteiger partial charge is 0.325 e. The number of halogens is 2. The number of nitrogens with zero attached hydrogens (tertiary/aromatic N) is 2. The predicted octanol–water partition coefficient (Wildman–Crippen LogP) is 5.48. The molecule has 1 amide bonds. The van der Waals surface area contributed by atoms with Gasteiger partial charge in [-0.05, 0) is 48.0 Å². The summed E-state index contributed by atoms with van der Waals surface area (Å²) in [5.41, 5.74) is 1.97. The highest BCUT2D eigenvalue weighted by Gasteiger charge is 2.14. The molecular weight excluding hydrogens is 453 g/mol. The van der Waals surface area contributed by atoms with Crippen LogP contribution in [0.4, 0.5) is 5.69 Å². The zero-order valence-corrected chi connectivity index (χ0v) is 18.5. The van der Waals surface area contributed by atoms with Gasteiger partial charge in [0.2, 0.25) is 5.91 Å². The lowest BCUT2D eigenvalue weighted by atomic mass is 10.2. The van der Waals surface area contributed by atoms with E-state index in [0.717, 1.165) is 5.56 Å². The van der Waals surface area contributed by atoms with E-state index in [1.807, 2.05) is 24.3 Å². The Hall–Kier alpha value is -2.80. The molecule has 3 aromatic carbocycles. The molecule has 0 bridgehead atoms. The van der Waals surface area contributed by atoms with Crippen LogP contribution in [-0.4, -0.2) is 21.2 Å². The summed E-state index contributed by atoms with van der Waals surface area (Å²) in [6.45, 7) is 0.325. The third-order valence-corrected chi connectivity index (χ3v) is 5.98. The second-order valence-electron chi connectivity index (χ2n) is 6.78. The van der Waals surface area contributed by atoms with Crippen molar-refractivity contribution >= 4 is 57.5 Å². The van der Waals surface area contributed by atoms with Crippen molar-refractivity contribution < 1.29 is 4.79 Å². The van der Waals surface area contributed by atoms with E-state index in [0.29, 0.717) is 38.3 Å². The first kappa shape index (κ1) is 21.4. The van der Waals surface area contributed by atoms with Gasteiger partial charge in [-0.1, -0.05) is 65.3 Å². The van der Waals surface area contributed by atoms with Crippen LogP contribution in [0.2, 0.25) is 10.0 Å². The number of rotatable bonds is 6. The zero-order chi connectivity index (χ0) is 21.8. The first-order valence-electron chi connectivity index (χ1n) is 9.42. The number of anilines is 1. The molecule has 31 heavy (non-hydrogen) atoms. The zero-order valence-electron chi connectivity index (χ0n) is 16.2. The van der Waals surface area contributed by atoms with Gasteiger partial charge in [0.25, 0.3) is 5.56 Å². The number of amides is 1. The number of carbonyl (C=O) groups is 1. The SMILES string of the molecule is O=C(CSc1nc2ccccc2c(=O)n1Cc1ccc(Cl)cc1)Nc1cccc(Cl)c1. The number of carbonyl (C=O) groups excluding carboxylic acids is 1. The molecule has 0 aliphatic rings. The molecule has 1 heterocycles. The summed E-state index contributed by atoms with van der Waals surface area (Å²) in [5.74, 6) is -0.120. The van der Waals surface area contributed by atoms with Crippen molar-refractivity contribution in [2.45, 2.75) is 11.7 Å². The minimum Gasteiger partial charge on any atom is -0.325 e. The molecule has 0 saturated carbocycles. The normalized spacial score (nSPS) is 10.9. The Kier molecular flexibility index (Phi) is 6.61. The highest BCUT2D eigenvalue weighted by molar-refractivity contribution is 7.99. The lowest BCUT2D eigenvalue weighted by molar-refractivity contribution is -0.113. The van der Waals surface area contributed by atoms with Crippen LogP contribution in [0.25, 0.3) is 10.9 Å². The Morgan fingerprint density at radius 2 is 1.74 bits per heavy atom. The molecule has 4 aromatic rings. The van der Waals surface area contributed by atoms with Crippen LogP contribution in [0, 0.1) is 0 Å². The van der Waals surface area contributed by atoms with Crippen LogP contribution >= 0.6 is 35.0 Å². The molecule has 0 spiro atoms. The Balaban J connectivity index is 1.61. The van der Waals surface area contributed by atoms with Crippen molar-refractivity contribution in [3.05, 3.63) is 98.8 Å². The maximum atomic E-state index is 13.2. The molecule has 0 aliphatic carbocycles. The molecule has 1 N–H and O–H groups in total. The lowest BCUT2D eigenvalue weighted by Gasteiger charge is -2.13. The van der Waals surface area contributed by atoms with E-state index in [1.165, 1.54) is 11.8 Å². The summed E-state index contributed by atoms with van der Waals surface area (Å²) in [5, 5.41) is 4.98. The quantitative estimate of drug-likeness (QED) is 0.299. The summed E-state index contributed by atoms with van der Waals surface area (Å²) in [7, 11) is 0. The Bertz CT molecular complexity index is 1310. The highest BCUT2D eigenvalue weighted by atomic mass is 35.5. The number of thioether (sulfide) groups is 1. The van der Waals surface area contributed by atoms with Crippen LogP contribution in [0.5, 0.6) is 0 Å². The number of aromatic nitrogens is 2. The molecule has 0 aliphatic heterocycles. The molecule has 0 saturated heterocycles. The molecule has 0 unspecified atom stereocenters. The summed E-state index contributed by atoms with van der Waals surface area (Å²) in [6, 6.07) is 21.4. The van der Waals surface area contributed by atoms with Gasteiger partial charge >= 0.3 is 0 Å². The highest BCUT2D eigenvalue weighted by Crippen LogP contribution is 2.21. The Labute approximate surface area is 193 Å². The smallest absolute Gasteiger partial charge is 0.262 e. The Morgan fingerprint density at radius 3 is 2.52 bits per heavy atom. The molecule has 1 aromatic heterocycles. The first-order valence-corrected chi connectivity index (χ1v) is 11.2. The van der Waals surface area contributed by atoms with Crippen LogP contribution in [0.1, 0.15) is 5.56 Å². The summed E-state index contributed by atoms with van der Waals surface area (Å²) in [4.78, 5) is 30.3. The van der Waals surface area contributed by atoms with Crippen molar-refractivity contribution in [1.29, 1.82) is 0 Å². The third-order valence-electron chi connectivity index (χ3n) is 4.52. The van der Waals surface area contributed by atoms with E-state index >= 15 is 0 Å². The summed E-state index contributed by atoms with van der Waals surface area (Å²) in [6.07, 6.45) is 0. The van der Waals surface area contributed by atoms with Crippen LogP contribution in [0.3, 0.4) is 0 Å².